The molecule has 0 radical (unpaired) electrons. The predicted octanol–water partition coefficient (Wildman–Crippen LogP) is 4.91. The zero-order valence-electron chi connectivity index (χ0n) is 16.2. The van der Waals surface area contributed by atoms with Gasteiger partial charge in [-0.1, -0.05) is 30.3 Å². The van der Waals surface area contributed by atoms with Crippen LogP contribution in [0.15, 0.2) is 36.4 Å². The van der Waals surface area contributed by atoms with Crippen LogP contribution in [0.1, 0.15) is 55.3 Å². The standard InChI is InChI=1S/C22H22N2O3S/c1-13-11-18(14(2)24(13)17-9-10-17)19(25)12-27-22(26)21-20(23-15(3)28-21)16-7-5-4-6-8-16/h4-8,11,17H,9-10,12H2,1-3H3. The van der Waals surface area contributed by atoms with E-state index < -0.39 is 5.97 Å². The fourth-order valence-electron chi connectivity index (χ4n) is 3.59. The fraction of sp³-hybridized carbons (Fsp3) is 0.318. The normalized spacial score (nSPS) is 13.5. The Bertz CT molecular complexity index is 1050. The number of aryl methyl sites for hydroxylation is 2. The number of ketones is 1. The molecule has 144 valence electrons. The maximum Gasteiger partial charge on any atom is 0.351 e. The number of Topliss-reactive ketones (excluding diaryl/α,β-unsaturated/α-hetero) is 1. The van der Waals surface area contributed by atoms with Gasteiger partial charge in [-0.05, 0) is 39.7 Å². The van der Waals surface area contributed by atoms with Crippen LogP contribution in [0.4, 0.5) is 0 Å². The number of rotatable bonds is 6. The minimum atomic E-state index is -0.506. The largest absolute Gasteiger partial charge is 0.453 e. The van der Waals surface area contributed by atoms with Crippen molar-refractivity contribution < 1.29 is 14.3 Å². The number of ether oxygens (including phenoxy) is 1. The number of aromatic nitrogens is 2. The predicted molar refractivity (Wildman–Crippen MR) is 109 cm³/mol. The Morgan fingerprint density at radius 1 is 1.18 bits per heavy atom. The molecular formula is C22H22N2O3S. The summed E-state index contributed by atoms with van der Waals surface area (Å²) in [6, 6.07) is 11.9. The minimum Gasteiger partial charge on any atom is -0.453 e. The van der Waals surface area contributed by atoms with Gasteiger partial charge in [0.25, 0.3) is 0 Å². The number of hydrogen-bond donors (Lipinski definition) is 0. The third-order valence-corrected chi connectivity index (χ3v) is 5.95. The Kier molecular flexibility index (Phi) is 4.89. The van der Waals surface area contributed by atoms with E-state index >= 15 is 0 Å². The monoisotopic (exact) mass is 394 g/mol. The molecule has 0 bridgehead atoms. The van der Waals surface area contributed by atoms with E-state index in [1.807, 2.05) is 57.2 Å². The van der Waals surface area contributed by atoms with Gasteiger partial charge in [-0.3, -0.25) is 4.79 Å². The van der Waals surface area contributed by atoms with Gasteiger partial charge in [0.15, 0.2) is 6.61 Å². The van der Waals surface area contributed by atoms with E-state index in [1.165, 1.54) is 11.3 Å². The third-order valence-electron chi connectivity index (χ3n) is 5.00. The highest BCUT2D eigenvalue weighted by atomic mass is 32.1. The summed E-state index contributed by atoms with van der Waals surface area (Å²) in [4.78, 5) is 30.2. The number of thiazole rings is 1. The summed E-state index contributed by atoms with van der Waals surface area (Å²) in [6.45, 7) is 5.56. The molecule has 0 spiro atoms. The summed E-state index contributed by atoms with van der Waals surface area (Å²) in [5.74, 6) is -0.676. The molecule has 0 atom stereocenters. The average Bonchev–Trinajstić information content (AvgIpc) is 3.37. The van der Waals surface area contributed by atoms with E-state index in [-0.39, 0.29) is 12.4 Å². The number of benzene rings is 1. The molecule has 3 aromatic rings. The van der Waals surface area contributed by atoms with Gasteiger partial charge in [0, 0.05) is 28.6 Å². The van der Waals surface area contributed by atoms with Gasteiger partial charge in [-0.15, -0.1) is 11.3 Å². The van der Waals surface area contributed by atoms with E-state index in [0.717, 1.165) is 34.8 Å². The maximum atomic E-state index is 12.7. The van der Waals surface area contributed by atoms with E-state index in [0.29, 0.717) is 22.2 Å². The van der Waals surface area contributed by atoms with Crippen molar-refractivity contribution in [1.82, 2.24) is 9.55 Å². The molecule has 1 fully saturated rings. The second kappa shape index (κ2) is 7.36. The summed E-state index contributed by atoms with van der Waals surface area (Å²) < 4.78 is 7.59. The summed E-state index contributed by atoms with van der Waals surface area (Å²) in [5.41, 5.74) is 4.14. The zero-order chi connectivity index (χ0) is 19.8. The minimum absolute atomic E-state index is 0.171. The van der Waals surface area contributed by atoms with Crippen LogP contribution in [-0.2, 0) is 4.74 Å². The fourth-order valence-corrected chi connectivity index (χ4v) is 4.42. The lowest BCUT2D eigenvalue weighted by molar-refractivity contribution is 0.0480. The second-order valence-corrected chi connectivity index (χ2v) is 8.37. The van der Waals surface area contributed by atoms with Crippen molar-refractivity contribution in [2.75, 3.05) is 6.61 Å². The van der Waals surface area contributed by atoms with E-state index in [9.17, 15) is 9.59 Å². The molecule has 0 N–H and O–H groups in total. The lowest BCUT2D eigenvalue weighted by Gasteiger charge is -2.08. The van der Waals surface area contributed by atoms with Gasteiger partial charge < -0.3 is 9.30 Å². The summed E-state index contributed by atoms with van der Waals surface area (Å²) >= 11 is 1.29. The molecular weight excluding hydrogens is 372 g/mol. The highest BCUT2D eigenvalue weighted by Gasteiger charge is 2.29. The number of hydrogen-bond acceptors (Lipinski definition) is 5. The van der Waals surface area contributed by atoms with Crippen molar-refractivity contribution >= 4 is 23.1 Å². The molecule has 4 rings (SSSR count). The van der Waals surface area contributed by atoms with Gasteiger partial charge >= 0.3 is 5.97 Å². The molecule has 1 aliphatic carbocycles. The first-order chi connectivity index (χ1) is 13.5. The Balaban J connectivity index is 1.50. The lowest BCUT2D eigenvalue weighted by atomic mass is 10.1. The molecule has 6 heteroatoms. The smallest absolute Gasteiger partial charge is 0.351 e. The Morgan fingerprint density at radius 2 is 1.89 bits per heavy atom. The lowest BCUT2D eigenvalue weighted by Crippen LogP contribution is -2.15. The SMILES string of the molecule is Cc1nc(-c2ccccc2)c(C(=O)OCC(=O)c2cc(C)n(C3CC3)c2C)s1. The summed E-state index contributed by atoms with van der Waals surface area (Å²) in [7, 11) is 0. The van der Waals surface area contributed by atoms with Gasteiger partial charge in [-0.25, -0.2) is 9.78 Å². The number of carbonyl (C=O) groups excluding carboxylic acids is 2. The molecule has 28 heavy (non-hydrogen) atoms. The van der Waals surface area contributed by atoms with Crippen molar-refractivity contribution in [2.45, 2.75) is 39.7 Å². The number of nitrogens with zero attached hydrogens (tertiary/aromatic N) is 2. The van der Waals surface area contributed by atoms with Crippen LogP contribution in [0.5, 0.6) is 0 Å². The van der Waals surface area contributed by atoms with Crippen LogP contribution in [0.25, 0.3) is 11.3 Å². The average molecular weight is 394 g/mol. The molecule has 1 aliphatic rings. The summed E-state index contributed by atoms with van der Waals surface area (Å²) in [5, 5.41) is 0.783. The van der Waals surface area contributed by atoms with Crippen LogP contribution in [-0.4, -0.2) is 27.9 Å². The van der Waals surface area contributed by atoms with Crippen molar-refractivity contribution in [3.05, 3.63) is 63.2 Å². The van der Waals surface area contributed by atoms with Crippen molar-refractivity contribution in [3.8, 4) is 11.3 Å². The molecule has 0 amide bonds. The Morgan fingerprint density at radius 3 is 2.57 bits per heavy atom. The van der Waals surface area contributed by atoms with Gasteiger partial charge in [0.1, 0.15) is 4.88 Å². The van der Waals surface area contributed by atoms with Crippen molar-refractivity contribution in [1.29, 1.82) is 0 Å². The molecule has 2 aromatic heterocycles. The number of carbonyl (C=O) groups is 2. The summed E-state index contributed by atoms with van der Waals surface area (Å²) in [6.07, 6.45) is 2.32. The van der Waals surface area contributed by atoms with Crippen molar-refractivity contribution in [3.63, 3.8) is 0 Å². The van der Waals surface area contributed by atoms with Gasteiger partial charge in [0.2, 0.25) is 5.78 Å². The molecule has 1 saturated carbocycles. The molecule has 0 unspecified atom stereocenters. The molecule has 0 aliphatic heterocycles. The van der Waals surface area contributed by atoms with E-state index in [1.54, 1.807) is 0 Å². The Labute approximate surface area is 168 Å². The van der Waals surface area contributed by atoms with E-state index in [4.69, 9.17) is 4.74 Å². The van der Waals surface area contributed by atoms with Crippen LogP contribution in [0.2, 0.25) is 0 Å². The molecule has 1 aromatic carbocycles. The molecule has 0 saturated heterocycles. The first-order valence-corrected chi connectivity index (χ1v) is 10.2. The number of esters is 1. The second-order valence-electron chi connectivity index (χ2n) is 7.16. The first-order valence-electron chi connectivity index (χ1n) is 9.37. The van der Waals surface area contributed by atoms with Gasteiger partial charge in [-0.2, -0.15) is 0 Å². The topological polar surface area (TPSA) is 61.2 Å². The quantitative estimate of drug-likeness (QED) is 0.440. The van der Waals surface area contributed by atoms with Crippen LogP contribution < -0.4 is 0 Å². The first kappa shape index (κ1) is 18.6. The molecule has 5 nitrogen and oxygen atoms in total. The van der Waals surface area contributed by atoms with E-state index in [2.05, 4.69) is 9.55 Å². The molecule has 2 heterocycles. The highest BCUT2D eigenvalue weighted by Crippen LogP contribution is 2.38. The van der Waals surface area contributed by atoms with Crippen molar-refractivity contribution in [2.24, 2.45) is 0 Å². The maximum absolute atomic E-state index is 12.7. The Hall–Kier alpha value is -2.73. The third kappa shape index (κ3) is 3.52. The van der Waals surface area contributed by atoms with Crippen LogP contribution in [0, 0.1) is 20.8 Å². The zero-order valence-corrected chi connectivity index (χ0v) is 17.0. The van der Waals surface area contributed by atoms with Crippen LogP contribution in [0.3, 0.4) is 0 Å². The highest BCUT2D eigenvalue weighted by molar-refractivity contribution is 7.14. The van der Waals surface area contributed by atoms with Gasteiger partial charge in [0.05, 0.1) is 10.7 Å². The van der Waals surface area contributed by atoms with Crippen LogP contribution >= 0.6 is 11.3 Å².